The number of nitrogens with one attached hydrogen (secondary N) is 2. The Kier molecular flexibility index (Phi) is 6.14. The summed E-state index contributed by atoms with van der Waals surface area (Å²) >= 11 is 0. The Labute approximate surface area is 152 Å². The lowest BCUT2D eigenvalue weighted by Crippen LogP contribution is -2.39. The van der Waals surface area contributed by atoms with Gasteiger partial charge in [0.15, 0.2) is 0 Å². The summed E-state index contributed by atoms with van der Waals surface area (Å²) in [5, 5.41) is 14.9. The maximum atomic E-state index is 12.4. The van der Waals surface area contributed by atoms with Crippen molar-refractivity contribution in [2.75, 3.05) is 50.0 Å². The summed E-state index contributed by atoms with van der Waals surface area (Å²) in [5.41, 5.74) is 2.37. The molecule has 7 heteroatoms. The molecule has 0 saturated carbocycles. The van der Waals surface area contributed by atoms with Crippen molar-refractivity contribution in [3.05, 3.63) is 53.9 Å². The molecule has 134 valence electrons. The van der Waals surface area contributed by atoms with Crippen LogP contribution in [0.1, 0.15) is 16.1 Å². The Morgan fingerprint density at radius 1 is 1.19 bits per heavy atom. The number of hydrogen-bond donors (Lipinski definition) is 2. The van der Waals surface area contributed by atoms with Gasteiger partial charge in [-0.1, -0.05) is 0 Å². The minimum absolute atomic E-state index is 0.286. The van der Waals surface area contributed by atoms with Gasteiger partial charge in [0, 0.05) is 43.8 Å². The highest BCUT2D eigenvalue weighted by atomic mass is 16.5. The molecule has 1 fully saturated rings. The number of nitriles is 1. The Hall–Kier alpha value is -2.95. The molecule has 1 amide bonds. The van der Waals surface area contributed by atoms with Crippen LogP contribution < -0.4 is 10.6 Å². The third-order valence-electron chi connectivity index (χ3n) is 4.13. The maximum absolute atomic E-state index is 12.4. The van der Waals surface area contributed by atoms with Crippen molar-refractivity contribution >= 4 is 17.3 Å². The van der Waals surface area contributed by atoms with Gasteiger partial charge in [-0.25, -0.2) is 0 Å². The zero-order chi connectivity index (χ0) is 18.2. The average Bonchev–Trinajstić information content (AvgIpc) is 2.69. The van der Waals surface area contributed by atoms with Crippen LogP contribution in [-0.4, -0.2) is 55.2 Å². The standard InChI is InChI=1S/C19H21N5O2/c20-14-15-1-3-16(4-2-15)23-19(25)18-13-17(5-6-22-18)21-7-8-24-9-11-26-12-10-24/h1-6,13H,7-12H2,(H,21,22)(H,23,25). The number of benzene rings is 1. The number of aromatic nitrogens is 1. The smallest absolute Gasteiger partial charge is 0.274 e. The van der Waals surface area contributed by atoms with Crippen LogP contribution in [0, 0.1) is 11.3 Å². The highest BCUT2D eigenvalue weighted by Crippen LogP contribution is 2.12. The van der Waals surface area contributed by atoms with E-state index in [2.05, 4.69) is 20.5 Å². The SMILES string of the molecule is N#Cc1ccc(NC(=O)c2cc(NCCN3CCOCC3)ccn2)cc1. The van der Waals surface area contributed by atoms with Gasteiger partial charge in [0.05, 0.1) is 24.8 Å². The summed E-state index contributed by atoms with van der Waals surface area (Å²) < 4.78 is 5.34. The second-order valence-electron chi connectivity index (χ2n) is 5.95. The molecule has 2 heterocycles. The van der Waals surface area contributed by atoms with Gasteiger partial charge in [0.2, 0.25) is 0 Å². The number of hydrogen-bond acceptors (Lipinski definition) is 6. The summed E-state index contributed by atoms with van der Waals surface area (Å²) in [4.78, 5) is 18.8. The quantitative estimate of drug-likeness (QED) is 0.827. The van der Waals surface area contributed by atoms with Gasteiger partial charge < -0.3 is 15.4 Å². The fraction of sp³-hybridized carbons (Fsp3) is 0.316. The summed E-state index contributed by atoms with van der Waals surface area (Å²) in [6, 6.07) is 12.3. The van der Waals surface area contributed by atoms with E-state index in [1.165, 1.54) is 0 Å². The van der Waals surface area contributed by atoms with Gasteiger partial charge in [-0.2, -0.15) is 5.26 Å². The topological polar surface area (TPSA) is 90.3 Å². The summed E-state index contributed by atoms with van der Waals surface area (Å²) in [6.07, 6.45) is 1.62. The van der Waals surface area contributed by atoms with E-state index in [-0.39, 0.29) is 5.91 Å². The molecule has 0 aliphatic carbocycles. The molecule has 2 N–H and O–H groups in total. The first kappa shape index (κ1) is 17.9. The van der Waals surface area contributed by atoms with Crippen molar-refractivity contribution < 1.29 is 9.53 Å². The highest BCUT2D eigenvalue weighted by Gasteiger charge is 2.11. The van der Waals surface area contributed by atoms with Crippen molar-refractivity contribution in [2.24, 2.45) is 0 Å². The molecule has 0 unspecified atom stereocenters. The lowest BCUT2D eigenvalue weighted by atomic mass is 10.2. The Morgan fingerprint density at radius 3 is 2.69 bits per heavy atom. The third-order valence-corrected chi connectivity index (χ3v) is 4.13. The second kappa shape index (κ2) is 8.94. The Bertz CT molecular complexity index is 779. The van der Waals surface area contributed by atoms with E-state index in [1.54, 1.807) is 36.5 Å². The summed E-state index contributed by atoms with van der Waals surface area (Å²) in [6.45, 7) is 5.20. The number of rotatable bonds is 6. The number of nitrogens with zero attached hydrogens (tertiary/aromatic N) is 3. The third kappa shape index (κ3) is 5.02. The molecule has 26 heavy (non-hydrogen) atoms. The molecule has 1 aromatic heterocycles. The van der Waals surface area contributed by atoms with E-state index in [9.17, 15) is 4.79 Å². The van der Waals surface area contributed by atoms with Crippen LogP contribution in [0.4, 0.5) is 11.4 Å². The predicted molar refractivity (Wildman–Crippen MR) is 99.1 cm³/mol. The molecule has 0 spiro atoms. The molecule has 2 aromatic rings. The van der Waals surface area contributed by atoms with Crippen molar-refractivity contribution in [3.8, 4) is 6.07 Å². The Morgan fingerprint density at radius 2 is 1.96 bits per heavy atom. The normalized spacial score (nSPS) is 14.4. The van der Waals surface area contributed by atoms with Gasteiger partial charge in [0.1, 0.15) is 5.69 Å². The van der Waals surface area contributed by atoms with Gasteiger partial charge >= 0.3 is 0 Å². The molecule has 1 saturated heterocycles. The van der Waals surface area contributed by atoms with Crippen molar-refractivity contribution in [2.45, 2.75) is 0 Å². The first-order valence-corrected chi connectivity index (χ1v) is 8.56. The molecule has 7 nitrogen and oxygen atoms in total. The number of carbonyl (C=O) groups excluding carboxylic acids is 1. The lowest BCUT2D eigenvalue weighted by molar-refractivity contribution is 0.0398. The van der Waals surface area contributed by atoms with Crippen LogP contribution in [0.2, 0.25) is 0 Å². The molecule has 0 radical (unpaired) electrons. The molecule has 1 aromatic carbocycles. The van der Waals surface area contributed by atoms with Crippen LogP contribution in [0.3, 0.4) is 0 Å². The number of anilines is 2. The highest BCUT2D eigenvalue weighted by molar-refractivity contribution is 6.03. The van der Waals surface area contributed by atoms with Crippen LogP contribution in [-0.2, 0) is 4.74 Å². The van der Waals surface area contributed by atoms with Gasteiger partial charge in [0.25, 0.3) is 5.91 Å². The summed E-state index contributed by atoms with van der Waals surface area (Å²) in [5.74, 6) is -0.286. The Balaban J connectivity index is 1.53. The van der Waals surface area contributed by atoms with E-state index in [0.29, 0.717) is 16.9 Å². The van der Waals surface area contributed by atoms with Crippen LogP contribution >= 0.6 is 0 Å². The van der Waals surface area contributed by atoms with Gasteiger partial charge in [-0.3, -0.25) is 14.7 Å². The minimum Gasteiger partial charge on any atom is -0.384 e. The minimum atomic E-state index is -0.286. The lowest BCUT2D eigenvalue weighted by Gasteiger charge is -2.26. The van der Waals surface area contributed by atoms with E-state index in [1.807, 2.05) is 12.1 Å². The van der Waals surface area contributed by atoms with Crippen LogP contribution in [0.15, 0.2) is 42.6 Å². The number of pyridine rings is 1. The monoisotopic (exact) mass is 351 g/mol. The molecular weight excluding hydrogens is 330 g/mol. The number of amides is 1. The molecule has 1 aliphatic heterocycles. The van der Waals surface area contributed by atoms with Gasteiger partial charge in [-0.05, 0) is 36.4 Å². The van der Waals surface area contributed by atoms with E-state index >= 15 is 0 Å². The molecular formula is C19H21N5O2. The van der Waals surface area contributed by atoms with Crippen molar-refractivity contribution in [3.63, 3.8) is 0 Å². The van der Waals surface area contributed by atoms with Crippen LogP contribution in [0.25, 0.3) is 0 Å². The number of ether oxygens (including phenoxy) is 1. The molecule has 0 bridgehead atoms. The van der Waals surface area contributed by atoms with Crippen molar-refractivity contribution in [1.29, 1.82) is 5.26 Å². The van der Waals surface area contributed by atoms with E-state index < -0.39 is 0 Å². The fourth-order valence-electron chi connectivity index (χ4n) is 2.67. The first-order valence-electron chi connectivity index (χ1n) is 8.56. The van der Waals surface area contributed by atoms with E-state index in [0.717, 1.165) is 45.1 Å². The second-order valence-corrected chi connectivity index (χ2v) is 5.95. The van der Waals surface area contributed by atoms with Gasteiger partial charge in [-0.15, -0.1) is 0 Å². The predicted octanol–water partition coefficient (Wildman–Crippen LogP) is 1.95. The zero-order valence-electron chi connectivity index (χ0n) is 14.4. The number of morpholine rings is 1. The number of carbonyl (C=O) groups is 1. The average molecular weight is 351 g/mol. The van der Waals surface area contributed by atoms with Crippen molar-refractivity contribution in [1.82, 2.24) is 9.88 Å². The molecule has 1 aliphatic rings. The molecule has 0 atom stereocenters. The summed E-state index contributed by atoms with van der Waals surface area (Å²) in [7, 11) is 0. The fourth-order valence-corrected chi connectivity index (χ4v) is 2.67. The maximum Gasteiger partial charge on any atom is 0.274 e. The molecule has 3 rings (SSSR count). The van der Waals surface area contributed by atoms with Crippen LogP contribution in [0.5, 0.6) is 0 Å². The first-order chi connectivity index (χ1) is 12.7. The van der Waals surface area contributed by atoms with E-state index in [4.69, 9.17) is 10.00 Å². The largest absolute Gasteiger partial charge is 0.384 e. The zero-order valence-corrected chi connectivity index (χ0v) is 14.4.